The monoisotopic (exact) mass is 413 g/mol. The SMILES string of the molecule is O=C(NCCCN1CCCC1)c1ccc(NS(=O)(=O)/C=C/c2ccccc2)cc1. The highest BCUT2D eigenvalue weighted by Crippen LogP contribution is 2.13. The van der Waals surface area contributed by atoms with Gasteiger partial charge in [0.05, 0.1) is 5.41 Å². The molecule has 1 saturated heterocycles. The number of hydrogen-bond acceptors (Lipinski definition) is 4. The second kappa shape index (κ2) is 10.2. The molecule has 0 bridgehead atoms. The third-order valence-electron chi connectivity index (χ3n) is 4.78. The van der Waals surface area contributed by atoms with Crippen LogP contribution in [0.3, 0.4) is 0 Å². The van der Waals surface area contributed by atoms with E-state index in [1.165, 1.54) is 18.9 Å². The fourth-order valence-electron chi connectivity index (χ4n) is 3.23. The molecule has 2 aromatic carbocycles. The number of benzene rings is 2. The first-order valence-electron chi connectivity index (χ1n) is 9.88. The minimum atomic E-state index is -3.63. The van der Waals surface area contributed by atoms with Crippen LogP contribution >= 0.6 is 0 Å². The zero-order chi connectivity index (χ0) is 20.5. The number of sulfonamides is 1. The van der Waals surface area contributed by atoms with Crippen LogP contribution in [-0.4, -0.2) is 45.4 Å². The Balaban J connectivity index is 1.47. The number of carbonyl (C=O) groups is 1. The van der Waals surface area contributed by atoms with E-state index in [1.807, 2.05) is 30.3 Å². The van der Waals surface area contributed by atoms with E-state index in [-0.39, 0.29) is 5.91 Å². The summed E-state index contributed by atoms with van der Waals surface area (Å²) < 4.78 is 26.9. The van der Waals surface area contributed by atoms with Crippen molar-refractivity contribution in [1.29, 1.82) is 0 Å². The number of anilines is 1. The van der Waals surface area contributed by atoms with Gasteiger partial charge in [-0.25, -0.2) is 8.42 Å². The maximum Gasteiger partial charge on any atom is 0.255 e. The number of carbonyl (C=O) groups excluding carboxylic acids is 1. The summed E-state index contributed by atoms with van der Waals surface area (Å²) in [5, 5.41) is 4.04. The molecule has 0 aromatic heterocycles. The second-order valence-electron chi connectivity index (χ2n) is 7.10. The molecule has 1 amide bonds. The van der Waals surface area contributed by atoms with Crippen LogP contribution in [0.5, 0.6) is 0 Å². The van der Waals surface area contributed by atoms with E-state index in [9.17, 15) is 13.2 Å². The number of amides is 1. The Hall–Kier alpha value is -2.64. The molecule has 0 spiro atoms. The van der Waals surface area contributed by atoms with Crippen molar-refractivity contribution in [1.82, 2.24) is 10.2 Å². The van der Waals surface area contributed by atoms with Gasteiger partial charge in [-0.1, -0.05) is 30.3 Å². The summed E-state index contributed by atoms with van der Waals surface area (Å²) in [7, 11) is -3.63. The van der Waals surface area contributed by atoms with Gasteiger partial charge >= 0.3 is 0 Å². The molecule has 29 heavy (non-hydrogen) atoms. The van der Waals surface area contributed by atoms with Crippen molar-refractivity contribution in [2.45, 2.75) is 19.3 Å². The van der Waals surface area contributed by atoms with Gasteiger partial charge in [-0.3, -0.25) is 9.52 Å². The zero-order valence-electron chi connectivity index (χ0n) is 16.4. The maximum atomic E-state index is 12.2. The lowest BCUT2D eigenvalue weighted by atomic mass is 10.2. The van der Waals surface area contributed by atoms with Crippen LogP contribution in [0.15, 0.2) is 60.0 Å². The second-order valence-corrected chi connectivity index (χ2v) is 8.66. The Morgan fingerprint density at radius 1 is 1.00 bits per heavy atom. The molecule has 6 nitrogen and oxygen atoms in total. The Labute approximate surface area is 172 Å². The normalized spacial score (nSPS) is 14.9. The molecule has 1 aliphatic rings. The molecule has 0 aliphatic carbocycles. The van der Waals surface area contributed by atoms with E-state index >= 15 is 0 Å². The third-order valence-corrected chi connectivity index (χ3v) is 5.80. The minimum Gasteiger partial charge on any atom is -0.352 e. The quantitative estimate of drug-likeness (QED) is 0.618. The highest BCUT2D eigenvalue weighted by Gasteiger charge is 2.11. The Kier molecular flexibility index (Phi) is 7.43. The van der Waals surface area contributed by atoms with E-state index < -0.39 is 10.0 Å². The topological polar surface area (TPSA) is 78.5 Å². The molecular weight excluding hydrogens is 386 g/mol. The van der Waals surface area contributed by atoms with Gasteiger partial charge in [0.2, 0.25) is 0 Å². The largest absolute Gasteiger partial charge is 0.352 e. The lowest BCUT2D eigenvalue weighted by Crippen LogP contribution is -2.28. The summed E-state index contributed by atoms with van der Waals surface area (Å²) in [6.07, 6.45) is 5.00. The summed E-state index contributed by atoms with van der Waals surface area (Å²) in [6.45, 7) is 3.96. The first-order chi connectivity index (χ1) is 14.0. The van der Waals surface area contributed by atoms with Crippen molar-refractivity contribution < 1.29 is 13.2 Å². The van der Waals surface area contributed by atoms with Crippen molar-refractivity contribution in [3.63, 3.8) is 0 Å². The highest BCUT2D eigenvalue weighted by atomic mass is 32.2. The van der Waals surface area contributed by atoms with Crippen LogP contribution in [0, 0.1) is 0 Å². The molecule has 0 saturated carbocycles. The van der Waals surface area contributed by atoms with Crippen LogP contribution in [0.1, 0.15) is 35.2 Å². The van der Waals surface area contributed by atoms with Crippen LogP contribution in [0.2, 0.25) is 0 Å². The lowest BCUT2D eigenvalue weighted by molar-refractivity contribution is 0.0952. The van der Waals surface area contributed by atoms with Gasteiger partial charge in [-0.2, -0.15) is 0 Å². The van der Waals surface area contributed by atoms with Gasteiger partial charge in [-0.15, -0.1) is 0 Å². The Morgan fingerprint density at radius 2 is 1.69 bits per heavy atom. The van der Waals surface area contributed by atoms with Gasteiger partial charge < -0.3 is 10.2 Å². The molecule has 0 atom stereocenters. The minimum absolute atomic E-state index is 0.148. The summed E-state index contributed by atoms with van der Waals surface area (Å²) in [4.78, 5) is 14.6. The molecule has 1 heterocycles. The summed E-state index contributed by atoms with van der Waals surface area (Å²) >= 11 is 0. The predicted octanol–water partition coefficient (Wildman–Crippen LogP) is 3.31. The van der Waals surface area contributed by atoms with Gasteiger partial charge in [0, 0.05) is 17.8 Å². The van der Waals surface area contributed by atoms with E-state index in [0.717, 1.165) is 37.0 Å². The van der Waals surface area contributed by atoms with Crippen LogP contribution in [-0.2, 0) is 10.0 Å². The molecule has 2 N–H and O–H groups in total. The summed E-state index contributed by atoms with van der Waals surface area (Å²) in [6, 6.07) is 15.6. The van der Waals surface area contributed by atoms with E-state index in [2.05, 4.69) is 14.9 Å². The first-order valence-corrected chi connectivity index (χ1v) is 11.4. The molecular formula is C22H27N3O3S. The maximum absolute atomic E-state index is 12.2. The van der Waals surface area contributed by atoms with Crippen molar-refractivity contribution in [3.8, 4) is 0 Å². The number of nitrogens with zero attached hydrogens (tertiary/aromatic N) is 1. The molecule has 1 fully saturated rings. The summed E-state index contributed by atoms with van der Waals surface area (Å²) in [5.41, 5.74) is 1.72. The van der Waals surface area contributed by atoms with Crippen LogP contribution in [0.25, 0.3) is 6.08 Å². The average Bonchev–Trinajstić information content (AvgIpc) is 3.24. The van der Waals surface area contributed by atoms with Crippen LogP contribution < -0.4 is 10.0 Å². The first kappa shape index (κ1) is 21.1. The Morgan fingerprint density at radius 3 is 2.38 bits per heavy atom. The zero-order valence-corrected chi connectivity index (χ0v) is 17.2. The van der Waals surface area contributed by atoms with Crippen LogP contribution in [0.4, 0.5) is 5.69 Å². The van der Waals surface area contributed by atoms with Gasteiger partial charge in [0.15, 0.2) is 0 Å². The summed E-state index contributed by atoms with van der Waals surface area (Å²) in [5.74, 6) is -0.148. The van der Waals surface area contributed by atoms with E-state index in [1.54, 1.807) is 24.3 Å². The number of rotatable bonds is 9. The number of hydrogen-bond donors (Lipinski definition) is 2. The lowest BCUT2D eigenvalue weighted by Gasteiger charge is -2.14. The van der Waals surface area contributed by atoms with Gasteiger partial charge in [-0.05, 0) is 74.8 Å². The fraction of sp³-hybridized carbons (Fsp3) is 0.318. The Bertz CT molecular complexity index is 920. The molecule has 0 radical (unpaired) electrons. The molecule has 2 aromatic rings. The fourth-order valence-corrected chi connectivity index (χ4v) is 4.10. The molecule has 7 heteroatoms. The predicted molar refractivity (Wildman–Crippen MR) is 117 cm³/mol. The van der Waals surface area contributed by atoms with Gasteiger partial charge in [0.25, 0.3) is 15.9 Å². The van der Waals surface area contributed by atoms with E-state index in [0.29, 0.717) is 17.8 Å². The third kappa shape index (κ3) is 7.03. The van der Waals surface area contributed by atoms with E-state index in [4.69, 9.17) is 0 Å². The van der Waals surface area contributed by atoms with Crippen molar-refractivity contribution in [3.05, 3.63) is 71.1 Å². The molecule has 3 rings (SSSR count). The van der Waals surface area contributed by atoms with Crippen molar-refractivity contribution >= 4 is 27.7 Å². The molecule has 154 valence electrons. The molecule has 1 aliphatic heterocycles. The highest BCUT2D eigenvalue weighted by molar-refractivity contribution is 7.95. The van der Waals surface area contributed by atoms with Gasteiger partial charge in [0.1, 0.15) is 0 Å². The standard InChI is InChI=1S/C22H27N3O3S/c26-22(23-14-6-17-25-15-4-5-16-25)20-9-11-21(12-10-20)24-29(27,28)18-13-19-7-2-1-3-8-19/h1-3,7-13,18,24H,4-6,14-17H2,(H,23,26)/b18-13+. The number of likely N-dealkylation sites (tertiary alicyclic amines) is 1. The number of nitrogens with one attached hydrogen (secondary N) is 2. The molecule has 0 unspecified atom stereocenters. The smallest absolute Gasteiger partial charge is 0.255 e. The van der Waals surface area contributed by atoms with Crippen molar-refractivity contribution in [2.75, 3.05) is 30.9 Å². The average molecular weight is 414 g/mol. The van der Waals surface area contributed by atoms with Crippen molar-refractivity contribution in [2.24, 2.45) is 0 Å².